The van der Waals surface area contributed by atoms with E-state index in [0.717, 1.165) is 25.4 Å². The van der Waals surface area contributed by atoms with Crippen molar-refractivity contribution in [3.05, 3.63) is 30.3 Å². The van der Waals surface area contributed by atoms with E-state index in [9.17, 15) is 8.78 Å². The number of rotatable bonds is 5. The van der Waals surface area contributed by atoms with Gasteiger partial charge in [0.2, 0.25) is 0 Å². The molecule has 0 spiro atoms. The van der Waals surface area contributed by atoms with Crippen molar-refractivity contribution in [1.82, 2.24) is 4.90 Å². The number of hydrogen-bond donors (Lipinski definition) is 0. The summed E-state index contributed by atoms with van der Waals surface area (Å²) in [6.45, 7) is 2.48. The van der Waals surface area contributed by atoms with Crippen molar-refractivity contribution in [2.45, 2.75) is 24.9 Å². The molecule has 4 heteroatoms. The van der Waals surface area contributed by atoms with Crippen LogP contribution in [-0.2, 0) is 0 Å². The maximum Gasteiger partial charge on any atom is 0.251 e. The van der Waals surface area contributed by atoms with Crippen LogP contribution in [0.1, 0.15) is 12.8 Å². The van der Waals surface area contributed by atoms with Crippen LogP contribution in [-0.4, -0.2) is 36.6 Å². The number of likely N-dealkylation sites (tertiary alicyclic amines) is 1. The normalized spacial score (nSPS) is 26.7. The Kier molecular flexibility index (Phi) is 2.98. The number of benzene rings is 1. The average molecular weight is 253 g/mol. The van der Waals surface area contributed by atoms with Crippen LogP contribution >= 0.6 is 0 Å². The van der Waals surface area contributed by atoms with Gasteiger partial charge in [-0.3, -0.25) is 4.90 Å². The summed E-state index contributed by atoms with van der Waals surface area (Å²) in [7, 11) is 0. The molecule has 0 N–H and O–H groups in total. The standard InChI is InChI=1S/C14H17F2NO/c15-14(16)8-11(14)6-7-17-9-13(10-17)18-12-4-2-1-3-5-12/h1-5,11,13H,6-10H2/t11-/m0/s1. The van der Waals surface area contributed by atoms with Crippen molar-refractivity contribution < 1.29 is 13.5 Å². The van der Waals surface area contributed by atoms with Crippen molar-refractivity contribution in [2.24, 2.45) is 5.92 Å². The molecule has 1 aromatic rings. The molecule has 2 fully saturated rings. The Morgan fingerprint density at radius 3 is 2.50 bits per heavy atom. The van der Waals surface area contributed by atoms with Gasteiger partial charge in [-0.15, -0.1) is 0 Å². The number of halogens is 2. The Morgan fingerprint density at radius 1 is 1.22 bits per heavy atom. The van der Waals surface area contributed by atoms with Gasteiger partial charge in [0.25, 0.3) is 5.92 Å². The molecule has 18 heavy (non-hydrogen) atoms. The van der Waals surface area contributed by atoms with Gasteiger partial charge in [0, 0.05) is 25.4 Å². The largest absolute Gasteiger partial charge is 0.488 e. The fourth-order valence-corrected chi connectivity index (χ4v) is 2.39. The zero-order valence-corrected chi connectivity index (χ0v) is 10.2. The molecule has 1 aliphatic carbocycles. The molecule has 3 rings (SSSR count). The van der Waals surface area contributed by atoms with E-state index in [0.29, 0.717) is 6.42 Å². The molecule has 1 saturated carbocycles. The summed E-state index contributed by atoms with van der Waals surface area (Å²) < 4.78 is 31.1. The van der Waals surface area contributed by atoms with E-state index in [1.54, 1.807) is 0 Å². The van der Waals surface area contributed by atoms with Crippen LogP contribution in [0.3, 0.4) is 0 Å². The highest BCUT2D eigenvalue weighted by atomic mass is 19.3. The third-order valence-electron chi connectivity index (χ3n) is 3.72. The van der Waals surface area contributed by atoms with Crippen LogP contribution in [0.4, 0.5) is 8.78 Å². The van der Waals surface area contributed by atoms with Crippen molar-refractivity contribution >= 4 is 0 Å². The number of ether oxygens (including phenoxy) is 1. The molecule has 1 aromatic carbocycles. The second-order valence-electron chi connectivity index (χ2n) is 5.26. The minimum absolute atomic E-state index is 0.0881. The zero-order chi connectivity index (χ0) is 12.6. The summed E-state index contributed by atoms with van der Waals surface area (Å²) in [6.07, 6.45) is 0.919. The summed E-state index contributed by atoms with van der Waals surface area (Å²) in [6, 6.07) is 9.72. The fraction of sp³-hybridized carbons (Fsp3) is 0.571. The van der Waals surface area contributed by atoms with E-state index in [-0.39, 0.29) is 18.4 Å². The number of alkyl halides is 2. The smallest absolute Gasteiger partial charge is 0.251 e. The monoisotopic (exact) mass is 253 g/mol. The van der Waals surface area contributed by atoms with Gasteiger partial charge in [-0.05, 0) is 25.1 Å². The molecule has 1 aliphatic heterocycles. The topological polar surface area (TPSA) is 12.5 Å². The highest BCUT2D eigenvalue weighted by Gasteiger charge is 2.56. The molecule has 2 aliphatic rings. The maximum absolute atomic E-state index is 12.7. The predicted octanol–water partition coefficient (Wildman–Crippen LogP) is 2.79. The van der Waals surface area contributed by atoms with E-state index in [2.05, 4.69) is 4.90 Å². The molecular weight excluding hydrogens is 236 g/mol. The molecule has 1 heterocycles. The molecule has 1 saturated heterocycles. The molecule has 0 bridgehead atoms. The van der Waals surface area contributed by atoms with Crippen molar-refractivity contribution in [2.75, 3.05) is 19.6 Å². The van der Waals surface area contributed by atoms with Gasteiger partial charge < -0.3 is 4.74 Å². The summed E-state index contributed by atoms with van der Waals surface area (Å²) >= 11 is 0. The third-order valence-corrected chi connectivity index (χ3v) is 3.72. The lowest BCUT2D eigenvalue weighted by Gasteiger charge is -2.39. The summed E-state index contributed by atoms with van der Waals surface area (Å²) in [4.78, 5) is 2.18. The van der Waals surface area contributed by atoms with Crippen LogP contribution in [0, 0.1) is 5.92 Å². The van der Waals surface area contributed by atoms with Crippen LogP contribution in [0.25, 0.3) is 0 Å². The quantitative estimate of drug-likeness (QED) is 0.800. The minimum Gasteiger partial charge on any atom is -0.488 e. The van der Waals surface area contributed by atoms with E-state index >= 15 is 0 Å². The van der Waals surface area contributed by atoms with E-state index < -0.39 is 5.92 Å². The van der Waals surface area contributed by atoms with Gasteiger partial charge in [-0.25, -0.2) is 8.78 Å². The SMILES string of the molecule is FC1(F)C[C@@H]1CCN1CC(Oc2ccccc2)C1. The lowest BCUT2D eigenvalue weighted by atomic mass is 10.1. The zero-order valence-electron chi connectivity index (χ0n) is 10.2. The third kappa shape index (κ3) is 2.64. The fourth-order valence-electron chi connectivity index (χ4n) is 2.39. The highest BCUT2D eigenvalue weighted by molar-refractivity contribution is 5.21. The number of nitrogens with zero attached hydrogens (tertiary/aromatic N) is 1. The van der Waals surface area contributed by atoms with Crippen LogP contribution in [0.2, 0.25) is 0 Å². The summed E-state index contributed by atoms with van der Waals surface area (Å²) in [5.74, 6) is -1.85. The Bertz CT molecular complexity index is 404. The first-order valence-corrected chi connectivity index (χ1v) is 6.45. The first-order chi connectivity index (χ1) is 8.63. The second-order valence-corrected chi connectivity index (χ2v) is 5.26. The van der Waals surface area contributed by atoms with Crippen LogP contribution < -0.4 is 4.74 Å². The number of hydrogen-bond acceptors (Lipinski definition) is 2. The minimum atomic E-state index is -2.37. The van der Waals surface area contributed by atoms with E-state index in [1.807, 2.05) is 30.3 Å². The van der Waals surface area contributed by atoms with Crippen molar-refractivity contribution in [3.8, 4) is 5.75 Å². The van der Waals surface area contributed by atoms with Crippen LogP contribution in [0.15, 0.2) is 30.3 Å². The lowest BCUT2D eigenvalue weighted by molar-refractivity contribution is 0.0150. The Labute approximate surface area is 106 Å². The molecule has 1 atom stereocenters. The first-order valence-electron chi connectivity index (χ1n) is 6.45. The maximum atomic E-state index is 12.7. The summed E-state index contributed by atoms with van der Waals surface area (Å²) in [5, 5.41) is 0. The molecular formula is C14H17F2NO. The van der Waals surface area contributed by atoms with Gasteiger partial charge in [-0.2, -0.15) is 0 Å². The van der Waals surface area contributed by atoms with E-state index in [4.69, 9.17) is 4.74 Å². The van der Waals surface area contributed by atoms with Crippen molar-refractivity contribution in [3.63, 3.8) is 0 Å². The molecule has 0 amide bonds. The average Bonchev–Trinajstić information content (AvgIpc) is 2.91. The Morgan fingerprint density at radius 2 is 1.89 bits per heavy atom. The first kappa shape index (κ1) is 11.9. The second kappa shape index (κ2) is 4.50. The molecule has 0 unspecified atom stereocenters. The molecule has 0 radical (unpaired) electrons. The molecule has 2 nitrogen and oxygen atoms in total. The van der Waals surface area contributed by atoms with Gasteiger partial charge in [0.15, 0.2) is 0 Å². The Hall–Kier alpha value is -1.16. The molecule has 0 aromatic heterocycles. The van der Waals surface area contributed by atoms with Gasteiger partial charge in [-0.1, -0.05) is 18.2 Å². The highest BCUT2D eigenvalue weighted by Crippen LogP contribution is 2.50. The Balaban J connectivity index is 1.34. The lowest BCUT2D eigenvalue weighted by Crippen LogP contribution is -2.53. The van der Waals surface area contributed by atoms with Crippen LogP contribution in [0.5, 0.6) is 5.75 Å². The van der Waals surface area contributed by atoms with Gasteiger partial charge in [0.05, 0.1) is 0 Å². The predicted molar refractivity (Wildman–Crippen MR) is 65.0 cm³/mol. The van der Waals surface area contributed by atoms with Gasteiger partial charge in [0.1, 0.15) is 11.9 Å². The van der Waals surface area contributed by atoms with Gasteiger partial charge >= 0.3 is 0 Å². The van der Waals surface area contributed by atoms with E-state index in [1.165, 1.54) is 0 Å². The number of para-hydroxylation sites is 1. The van der Waals surface area contributed by atoms with Crippen molar-refractivity contribution in [1.29, 1.82) is 0 Å². The molecule has 98 valence electrons. The summed E-state index contributed by atoms with van der Waals surface area (Å²) in [5.41, 5.74) is 0.